The third-order valence-electron chi connectivity index (χ3n) is 9.33. The van der Waals surface area contributed by atoms with Crippen LogP contribution >= 0.6 is 0 Å². The summed E-state index contributed by atoms with van der Waals surface area (Å²) >= 11 is 0. The van der Waals surface area contributed by atoms with Crippen LogP contribution in [0.5, 0.6) is 0 Å². The second-order valence-electron chi connectivity index (χ2n) is 13.2. The first-order valence-corrected chi connectivity index (χ1v) is 17.1. The summed E-state index contributed by atoms with van der Waals surface area (Å²) in [6.07, 6.45) is 9.95. The highest BCUT2D eigenvalue weighted by Gasteiger charge is 2.36. The van der Waals surface area contributed by atoms with E-state index in [1.165, 1.54) is 6.33 Å². The van der Waals surface area contributed by atoms with Crippen molar-refractivity contribution in [2.24, 2.45) is 23.7 Å². The van der Waals surface area contributed by atoms with Gasteiger partial charge in [-0.15, -0.1) is 6.58 Å². The number of imidazole rings is 1. The first kappa shape index (κ1) is 36.6. The van der Waals surface area contributed by atoms with Crippen molar-refractivity contribution in [2.75, 3.05) is 0 Å². The molecular weight excluding hydrogens is 606 g/mol. The molecule has 1 saturated carbocycles. The summed E-state index contributed by atoms with van der Waals surface area (Å²) in [5.41, 5.74) is 4.67. The molecule has 3 amide bonds. The molecular formula is C38H51N5O5. The first-order valence-electron chi connectivity index (χ1n) is 17.1. The van der Waals surface area contributed by atoms with Crippen molar-refractivity contribution in [3.05, 3.63) is 103 Å². The van der Waals surface area contributed by atoms with Crippen LogP contribution in [0.15, 0.2) is 85.8 Å². The number of aromatic nitrogens is 2. The molecule has 1 unspecified atom stereocenters. The quantitative estimate of drug-likeness (QED) is 0.0754. The van der Waals surface area contributed by atoms with Gasteiger partial charge in [-0.1, -0.05) is 99.8 Å². The van der Waals surface area contributed by atoms with Crippen molar-refractivity contribution in [3.8, 4) is 0 Å². The average molecular weight is 658 g/mol. The van der Waals surface area contributed by atoms with E-state index in [4.69, 9.17) is 4.84 Å². The number of aliphatic hydroxyl groups excluding tert-OH is 1. The minimum atomic E-state index is -1.18. The fourth-order valence-electron chi connectivity index (χ4n) is 6.44. The Morgan fingerprint density at radius 2 is 1.60 bits per heavy atom. The van der Waals surface area contributed by atoms with Gasteiger partial charge in [0.05, 0.1) is 30.8 Å². The molecule has 258 valence electrons. The second-order valence-corrected chi connectivity index (χ2v) is 13.2. The Labute approximate surface area is 284 Å². The van der Waals surface area contributed by atoms with Crippen LogP contribution in [0.25, 0.3) is 0 Å². The van der Waals surface area contributed by atoms with Gasteiger partial charge in [-0.2, -0.15) is 0 Å². The molecule has 2 aromatic carbocycles. The summed E-state index contributed by atoms with van der Waals surface area (Å²) < 4.78 is 0. The van der Waals surface area contributed by atoms with E-state index in [-0.39, 0.29) is 37.2 Å². The number of nitrogens with one attached hydrogen (secondary N) is 4. The molecule has 4 rings (SSSR count). The fourth-order valence-corrected chi connectivity index (χ4v) is 6.44. The van der Waals surface area contributed by atoms with E-state index < -0.39 is 41.8 Å². The van der Waals surface area contributed by atoms with E-state index in [1.807, 2.05) is 66.7 Å². The SMILES string of the molecule is C=C[C@@H](C[C@H](O)[C@@H](NC(=O)[C@H](Cc1c[nH]cn1)NC(=O)C(Cc1ccccc1)C(=O)NOCc1ccccc1)C1CCCCC1)C(C)C. The van der Waals surface area contributed by atoms with Crippen LogP contribution in [0.4, 0.5) is 0 Å². The third-order valence-corrected chi connectivity index (χ3v) is 9.33. The smallest absolute Gasteiger partial charge is 0.256 e. The van der Waals surface area contributed by atoms with Gasteiger partial charge in [-0.25, -0.2) is 10.5 Å². The van der Waals surface area contributed by atoms with Crippen molar-refractivity contribution < 1.29 is 24.3 Å². The zero-order valence-corrected chi connectivity index (χ0v) is 28.1. The first-order chi connectivity index (χ1) is 23.2. The largest absolute Gasteiger partial charge is 0.391 e. The summed E-state index contributed by atoms with van der Waals surface area (Å²) in [6.45, 7) is 8.29. The van der Waals surface area contributed by atoms with Crippen LogP contribution < -0.4 is 16.1 Å². The van der Waals surface area contributed by atoms with E-state index in [9.17, 15) is 19.5 Å². The lowest BCUT2D eigenvalue weighted by atomic mass is 9.78. The molecule has 1 fully saturated rings. The number of H-pyrrole nitrogens is 1. The number of carbonyl (C=O) groups is 3. The van der Waals surface area contributed by atoms with Crippen molar-refractivity contribution in [3.63, 3.8) is 0 Å². The lowest BCUT2D eigenvalue weighted by Crippen LogP contribution is -2.57. The number of hydrogen-bond acceptors (Lipinski definition) is 6. The number of amides is 3. The van der Waals surface area contributed by atoms with Gasteiger partial charge in [0, 0.05) is 12.6 Å². The van der Waals surface area contributed by atoms with Crippen molar-refractivity contribution in [1.82, 2.24) is 26.1 Å². The van der Waals surface area contributed by atoms with Crippen LogP contribution in [0, 0.1) is 23.7 Å². The maximum absolute atomic E-state index is 14.1. The zero-order chi connectivity index (χ0) is 34.3. The Morgan fingerprint density at radius 3 is 2.21 bits per heavy atom. The number of allylic oxidation sites excluding steroid dienone is 1. The Morgan fingerprint density at radius 1 is 0.938 bits per heavy atom. The van der Waals surface area contributed by atoms with Gasteiger partial charge in [-0.3, -0.25) is 19.2 Å². The molecule has 1 aliphatic carbocycles. The topological polar surface area (TPSA) is 145 Å². The Kier molecular flexibility index (Phi) is 14.4. The molecule has 0 spiro atoms. The van der Waals surface area contributed by atoms with E-state index in [0.29, 0.717) is 12.1 Å². The minimum absolute atomic E-state index is 0.0870. The number of hydroxylamine groups is 1. The molecule has 0 radical (unpaired) electrons. The molecule has 0 aliphatic heterocycles. The van der Waals surface area contributed by atoms with E-state index >= 15 is 0 Å². The lowest BCUT2D eigenvalue weighted by molar-refractivity contribution is -0.145. The molecule has 5 atom stereocenters. The third kappa shape index (κ3) is 11.2. The number of aliphatic hydroxyl groups is 1. The molecule has 0 saturated heterocycles. The van der Waals surface area contributed by atoms with Crippen molar-refractivity contribution in [2.45, 2.75) is 90.0 Å². The Hall–Kier alpha value is -4.28. The highest BCUT2D eigenvalue weighted by atomic mass is 16.6. The lowest BCUT2D eigenvalue weighted by Gasteiger charge is -2.36. The Balaban J connectivity index is 1.53. The normalized spacial score (nSPS) is 16.7. The van der Waals surface area contributed by atoms with Crippen LogP contribution in [-0.4, -0.2) is 51.0 Å². The standard InChI is InChI=1S/C38H51N5O5/c1-4-29(26(2)3)21-34(44)35(30-18-12-7-13-19-30)42-38(47)33(22-31-23-39-25-40-31)41-36(45)32(20-27-14-8-5-9-15-27)37(46)43-48-24-28-16-10-6-11-17-28/h4-6,8-11,14-17,23,25-26,29-30,32-35,44H,1,7,12-13,18-22,24H2,2-3H3,(H,39,40)(H,41,45)(H,42,47)(H,43,46)/t29-,32?,33-,34-,35-/m0/s1. The predicted octanol–water partition coefficient (Wildman–Crippen LogP) is 4.82. The number of benzene rings is 2. The molecule has 0 bridgehead atoms. The number of hydrogen-bond donors (Lipinski definition) is 5. The number of aromatic amines is 1. The van der Waals surface area contributed by atoms with Crippen LogP contribution in [0.3, 0.4) is 0 Å². The summed E-state index contributed by atoms with van der Waals surface area (Å²) in [5.74, 6) is -2.37. The van der Waals surface area contributed by atoms with Crippen LogP contribution in [-0.2, 0) is 38.7 Å². The van der Waals surface area contributed by atoms with Gasteiger partial charge in [0.25, 0.3) is 5.91 Å². The maximum Gasteiger partial charge on any atom is 0.256 e. The van der Waals surface area contributed by atoms with Gasteiger partial charge >= 0.3 is 0 Å². The monoisotopic (exact) mass is 657 g/mol. The van der Waals surface area contributed by atoms with E-state index in [2.05, 4.69) is 46.5 Å². The number of rotatable bonds is 18. The van der Waals surface area contributed by atoms with Gasteiger partial charge in [-0.05, 0) is 54.6 Å². The highest BCUT2D eigenvalue weighted by molar-refractivity contribution is 6.01. The molecule has 3 aromatic rings. The van der Waals surface area contributed by atoms with Gasteiger partial charge < -0.3 is 20.7 Å². The average Bonchev–Trinajstić information content (AvgIpc) is 3.62. The summed E-state index contributed by atoms with van der Waals surface area (Å²) in [6, 6.07) is 17.1. The van der Waals surface area contributed by atoms with Gasteiger partial charge in [0.2, 0.25) is 11.8 Å². The summed E-state index contributed by atoms with van der Waals surface area (Å²) in [5, 5.41) is 17.5. The molecule has 48 heavy (non-hydrogen) atoms. The van der Waals surface area contributed by atoms with Crippen molar-refractivity contribution >= 4 is 17.7 Å². The van der Waals surface area contributed by atoms with Crippen LogP contribution in [0.2, 0.25) is 0 Å². The molecule has 1 aromatic heterocycles. The van der Waals surface area contributed by atoms with Gasteiger partial charge in [0.1, 0.15) is 12.0 Å². The Bertz CT molecular complexity index is 1410. The molecule has 1 heterocycles. The molecule has 10 heteroatoms. The van der Waals surface area contributed by atoms with E-state index in [0.717, 1.165) is 43.2 Å². The number of nitrogens with zero attached hydrogens (tertiary/aromatic N) is 1. The predicted molar refractivity (Wildman–Crippen MR) is 185 cm³/mol. The minimum Gasteiger partial charge on any atom is -0.391 e. The summed E-state index contributed by atoms with van der Waals surface area (Å²) in [4.78, 5) is 54.2. The highest BCUT2D eigenvalue weighted by Crippen LogP contribution is 2.31. The zero-order valence-electron chi connectivity index (χ0n) is 28.1. The van der Waals surface area contributed by atoms with Gasteiger partial charge in [0.15, 0.2) is 0 Å². The van der Waals surface area contributed by atoms with E-state index in [1.54, 1.807) is 6.20 Å². The maximum atomic E-state index is 14.1. The molecule has 5 N–H and O–H groups in total. The van der Waals surface area contributed by atoms with Crippen molar-refractivity contribution in [1.29, 1.82) is 0 Å². The molecule has 1 aliphatic rings. The second kappa shape index (κ2) is 18.9. The number of carbonyl (C=O) groups excluding carboxylic acids is 3. The molecule has 10 nitrogen and oxygen atoms in total. The fraction of sp³-hybridized carbons (Fsp3) is 0.474. The van der Waals surface area contributed by atoms with Crippen LogP contribution in [0.1, 0.15) is 69.2 Å². The summed E-state index contributed by atoms with van der Waals surface area (Å²) in [7, 11) is 0.